The maximum absolute atomic E-state index is 5.94. The first kappa shape index (κ1) is 14.6. The number of aromatic nitrogens is 2. The Labute approximate surface area is 121 Å². The van der Waals surface area contributed by atoms with Gasteiger partial charge in [0.25, 0.3) is 0 Å². The van der Waals surface area contributed by atoms with Gasteiger partial charge in [0.1, 0.15) is 12.1 Å². The molecule has 1 unspecified atom stereocenters. The second kappa shape index (κ2) is 6.08. The van der Waals surface area contributed by atoms with Crippen LogP contribution in [-0.4, -0.2) is 21.9 Å². The summed E-state index contributed by atoms with van der Waals surface area (Å²) in [5, 5.41) is 3.61. The number of aryl methyl sites for hydroxylation is 1. The van der Waals surface area contributed by atoms with E-state index < -0.39 is 0 Å². The summed E-state index contributed by atoms with van der Waals surface area (Å²) in [4.78, 5) is 8.88. The Kier molecular flexibility index (Phi) is 4.67. The molecule has 0 saturated carbocycles. The second-order valence-corrected chi connectivity index (χ2v) is 6.77. The summed E-state index contributed by atoms with van der Waals surface area (Å²) < 4.78 is 0. The van der Waals surface area contributed by atoms with Crippen LogP contribution in [-0.2, 0) is 12.8 Å². The van der Waals surface area contributed by atoms with Crippen LogP contribution >= 0.6 is 11.6 Å². The first-order valence-electron chi connectivity index (χ1n) is 7.17. The van der Waals surface area contributed by atoms with Gasteiger partial charge >= 0.3 is 0 Å². The molecule has 0 saturated heterocycles. The fourth-order valence-electron chi connectivity index (χ4n) is 2.64. The van der Waals surface area contributed by atoms with Gasteiger partial charge in [0, 0.05) is 23.2 Å². The quantitative estimate of drug-likeness (QED) is 0.853. The Morgan fingerprint density at radius 2 is 2.00 bits per heavy atom. The molecule has 0 radical (unpaired) electrons. The van der Waals surface area contributed by atoms with E-state index in [4.69, 9.17) is 11.6 Å². The molecular weight excluding hydrogens is 258 g/mol. The number of hydrogen-bond donors (Lipinski definition) is 1. The van der Waals surface area contributed by atoms with Gasteiger partial charge in [-0.25, -0.2) is 9.97 Å². The van der Waals surface area contributed by atoms with Crippen molar-refractivity contribution in [3.63, 3.8) is 0 Å². The lowest BCUT2D eigenvalue weighted by Gasteiger charge is -2.32. The van der Waals surface area contributed by atoms with Gasteiger partial charge in [0.15, 0.2) is 0 Å². The molecule has 0 aromatic carbocycles. The number of nitrogens with one attached hydrogen (secondary N) is 1. The molecule has 1 aromatic heterocycles. The molecule has 1 heterocycles. The first-order valence-corrected chi connectivity index (χ1v) is 7.71. The Hall–Kier alpha value is -0.830. The van der Waals surface area contributed by atoms with Gasteiger partial charge in [-0.15, -0.1) is 11.6 Å². The predicted octanol–water partition coefficient (Wildman–Crippen LogP) is 3.81. The average Bonchev–Trinajstić information content (AvgIpc) is 2.37. The highest BCUT2D eigenvalue weighted by Gasteiger charge is 2.26. The minimum Gasteiger partial charge on any atom is -0.366 e. The number of rotatable bonds is 4. The fourth-order valence-corrected chi connectivity index (χ4v) is 2.86. The van der Waals surface area contributed by atoms with Gasteiger partial charge < -0.3 is 5.32 Å². The van der Waals surface area contributed by atoms with Crippen LogP contribution in [0.25, 0.3) is 0 Å². The van der Waals surface area contributed by atoms with E-state index in [1.807, 2.05) is 0 Å². The molecule has 0 aliphatic heterocycles. The summed E-state index contributed by atoms with van der Waals surface area (Å²) in [6.07, 6.45) is 7.30. The Morgan fingerprint density at radius 3 is 2.68 bits per heavy atom. The van der Waals surface area contributed by atoms with E-state index in [1.54, 1.807) is 6.33 Å². The third kappa shape index (κ3) is 3.59. The molecule has 3 nitrogen and oxygen atoms in total. The maximum Gasteiger partial charge on any atom is 0.133 e. The number of alkyl halides is 1. The van der Waals surface area contributed by atoms with E-state index in [1.165, 1.54) is 24.1 Å². The highest BCUT2D eigenvalue weighted by Crippen LogP contribution is 2.29. The van der Waals surface area contributed by atoms with Crippen LogP contribution in [0, 0.1) is 5.41 Å². The Bertz CT molecular complexity index is 426. The van der Waals surface area contributed by atoms with Gasteiger partial charge in [-0.2, -0.15) is 0 Å². The molecule has 0 spiro atoms. The first-order chi connectivity index (χ1) is 9.02. The van der Waals surface area contributed by atoms with Gasteiger partial charge in [-0.3, -0.25) is 0 Å². The molecule has 1 aliphatic rings. The van der Waals surface area contributed by atoms with Crippen LogP contribution in [0.4, 0.5) is 5.82 Å². The predicted molar refractivity (Wildman–Crippen MR) is 80.9 cm³/mol. The fraction of sp³-hybridized carbons (Fsp3) is 0.733. The number of fused-ring (bicyclic) bond motifs is 1. The molecule has 0 bridgehead atoms. The zero-order valence-electron chi connectivity index (χ0n) is 12.2. The summed E-state index contributed by atoms with van der Waals surface area (Å²) in [5.74, 6) is 1.69. The van der Waals surface area contributed by atoms with Crippen molar-refractivity contribution in [1.82, 2.24) is 9.97 Å². The SMILES string of the molecule is CC(C)(C)C(CCCl)Nc1ncnc2c1CCCC2. The summed E-state index contributed by atoms with van der Waals surface area (Å²) in [7, 11) is 0. The minimum absolute atomic E-state index is 0.168. The molecule has 19 heavy (non-hydrogen) atoms. The van der Waals surface area contributed by atoms with Gasteiger partial charge in [-0.05, 0) is 37.5 Å². The van der Waals surface area contributed by atoms with Crippen molar-refractivity contribution in [3.8, 4) is 0 Å². The van der Waals surface area contributed by atoms with Crippen molar-refractivity contribution in [2.75, 3.05) is 11.2 Å². The number of halogens is 1. The molecule has 0 amide bonds. The van der Waals surface area contributed by atoms with Crippen LogP contribution in [0.3, 0.4) is 0 Å². The highest BCUT2D eigenvalue weighted by atomic mass is 35.5. The monoisotopic (exact) mass is 281 g/mol. The van der Waals surface area contributed by atoms with E-state index in [-0.39, 0.29) is 5.41 Å². The zero-order valence-corrected chi connectivity index (χ0v) is 12.9. The Balaban J connectivity index is 2.22. The normalized spacial score (nSPS) is 16.8. The highest BCUT2D eigenvalue weighted by molar-refractivity contribution is 6.17. The standard InChI is InChI=1S/C15H24ClN3/c1-15(2,3)13(8-9-16)19-14-11-6-4-5-7-12(11)17-10-18-14/h10,13H,4-9H2,1-3H3,(H,17,18,19). The summed E-state index contributed by atoms with van der Waals surface area (Å²) in [6.45, 7) is 6.72. The number of anilines is 1. The summed E-state index contributed by atoms with van der Waals surface area (Å²) in [5.41, 5.74) is 2.71. The molecule has 0 fully saturated rings. The third-order valence-corrected chi connectivity index (χ3v) is 4.10. The van der Waals surface area contributed by atoms with Crippen LogP contribution < -0.4 is 5.32 Å². The lowest BCUT2D eigenvalue weighted by Crippen LogP contribution is -2.35. The van der Waals surface area contributed by atoms with Crippen LogP contribution in [0.2, 0.25) is 0 Å². The van der Waals surface area contributed by atoms with Crippen LogP contribution in [0.5, 0.6) is 0 Å². The molecule has 1 aliphatic carbocycles. The largest absolute Gasteiger partial charge is 0.366 e. The molecule has 2 rings (SSSR count). The van der Waals surface area contributed by atoms with E-state index in [0.717, 1.165) is 25.1 Å². The van der Waals surface area contributed by atoms with E-state index >= 15 is 0 Å². The second-order valence-electron chi connectivity index (χ2n) is 6.40. The van der Waals surface area contributed by atoms with Crippen molar-refractivity contribution >= 4 is 17.4 Å². The number of nitrogens with zero attached hydrogens (tertiary/aromatic N) is 2. The Morgan fingerprint density at radius 1 is 1.26 bits per heavy atom. The van der Waals surface area contributed by atoms with Crippen molar-refractivity contribution in [2.24, 2.45) is 5.41 Å². The lowest BCUT2D eigenvalue weighted by molar-refractivity contribution is 0.333. The van der Waals surface area contributed by atoms with E-state index in [9.17, 15) is 0 Å². The van der Waals surface area contributed by atoms with Crippen LogP contribution in [0.1, 0.15) is 51.3 Å². The van der Waals surface area contributed by atoms with E-state index in [2.05, 4.69) is 36.1 Å². The van der Waals surface area contributed by atoms with Crippen molar-refractivity contribution < 1.29 is 0 Å². The molecule has 106 valence electrons. The summed E-state index contributed by atoms with van der Waals surface area (Å²) >= 11 is 5.94. The summed E-state index contributed by atoms with van der Waals surface area (Å²) in [6, 6.07) is 0.339. The van der Waals surface area contributed by atoms with Gasteiger partial charge in [0.05, 0.1) is 0 Å². The average molecular weight is 282 g/mol. The zero-order chi connectivity index (χ0) is 13.9. The van der Waals surface area contributed by atoms with Gasteiger partial charge in [0.2, 0.25) is 0 Å². The van der Waals surface area contributed by atoms with Gasteiger partial charge in [-0.1, -0.05) is 20.8 Å². The smallest absolute Gasteiger partial charge is 0.133 e. The lowest BCUT2D eigenvalue weighted by atomic mass is 9.85. The van der Waals surface area contributed by atoms with Crippen molar-refractivity contribution in [3.05, 3.63) is 17.6 Å². The third-order valence-electron chi connectivity index (χ3n) is 3.88. The minimum atomic E-state index is 0.168. The molecule has 1 aromatic rings. The topological polar surface area (TPSA) is 37.8 Å². The van der Waals surface area contributed by atoms with Crippen molar-refractivity contribution in [1.29, 1.82) is 0 Å². The van der Waals surface area contributed by atoms with E-state index in [0.29, 0.717) is 11.9 Å². The number of hydrogen-bond acceptors (Lipinski definition) is 3. The van der Waals surface area contributed by atoms with Crippen molar-refractivity contribution in [2.45, 2.75) is 58.9 Å². The molecule has 1 N–H and O–H groups in total. The molecular formula is C15H24ClN3. The molecule has 1 atom stereocenters. The molecule has 4 heteroatoms. The van der Waals surface area contributed by atoms with Crippen LogP contribution in [0.15, 0.2) is 6.33 Å². The maximum atomic E-state index is 5.94.